The van der Waals surface area contributed by atoms with Crippen molar-refractivity contribution < 1.29 is 14.0 Å². The van der Waals surface area contributed by atoms with Crippen LogP contribution in [0.5, 0.6) is 11.5 Å². The number of ether oxygens (including phenoxy) is 2. The Bertz CT molecular complexity index is 1080. The van der Waals surface area contributed by atoms with Gasteiger partial charge in [0.1, 0.15) is 24.7 Å². The van der Waals surface area contributed by atoms with Crippen LogP contribution in [0.1, 0.15) is 16.8 Å². The minimum absolute atomic E-state index is 0.416. The zero-order chi connectivity index (χ0) is 20.1. The molecule has 0 aliphatic rings. The summed E-state index contributed by atoms with van der Waals surface area (Å²) in [6, 6.07) is 25.4. The maximum absolute atomic E-state index is 6.50. The number of rotatable bonds is 7. The lowest BCUT2D eigenvalue weighted by molar-refractivity contribution is 0.290. The Morgan fingerprint density at radius 1 is 0.793 bits per heavy atom. The number of aromatic nitrogens is 1. The summed E-state index contributed by atoms with van der Waals surface area (Å²) in [5.41, 5.74) is 3.65. The minimum Gasteiger partial charge on any atom is -0.488 e. The average molecular weight is 406 g/mol. The minimum atomic E-state index is 0.416. The molecule has 0 aliphatic heterocycles. The maximum atomic E-state index is 6.50. The van der Waals surface area contributed by atoms with Gasteiger partial charge in [-0.3, -0.25) is 0 Å². The molecule has 0 bridgehead atoms. The summed E-state index contributed by atoms with van der Waals surface area (Å²) in [6.45, 7) is 2.70. The molecule has 3 aromatic carbocycles. The Balaban J connectivity index is 1.62. The van der Waals surface area contributed by atoms with Gasteiger partial charge in [0.15, 0.2) is 5.76 Å². The lowest BCUT2D eigenvalue weighted by Gasteiger charge is -2.14. The van der Waals surface area contributed by atoms with E-state index in [1.54, 1.807) is 12.1 Å². The molecule has 0 fully saturated rings. The number of hydrogen-bond acceptors (Lipinski definition) is 4. The third kappa shape index (κ3) is 4.79. The van der Waals surface area contributed by atoms with Crippen molar-refractivity contribution >= 4 is 11.6 Å². The second-order valence-electron chi connectivity index (χ2n) is 6.66. The van der Waals surface area contributed by atoms with Crippen LogP contribution in [0.25, 0.3) is 11.3 Å². The molecule has 0 N–H and O–H groups in total. The van der Waals surface area contributed by atoms with Crippen LogP contribution in [0, 0.1) is 6.92 Å². The first-order valence-corrected chi connectivity index (χ1v) is 9.67. The highest BCUT2D eigenvalue weighted by molar-refractivity contribution is 6.32. The molecule has 0 saturated heterocycles. The van der Waals surface area contributed by atoms with Gasteiger partial charge in [0, 0.05) is 12.1 Å². The summed E-state index contributed by atoms with van der Waals surface area (Å²) in [6.07, 6.45) is 0. The van der Waals surface area contributed by atoms with E-state index in [4.69, 9.17) is 25.6 Å². The molecule has 5 heteroatoms. The molecule has 0 spiro atoms. The molecule has 4 aromatic rings. The average Bonchev–Trinajstić information content (AvgIpc) is 3.19. The Morgan fingerprint density at radius 3 is 1.93 bits per heavy atom. The monoisotopic (exact) mass is 405 g/mol. The highest BCUT2D eigenvalue weighted by Gasteiger charge is 2.16. The predicted molar refractivity (Wildman–Crippen MR) is 113 cm³/mol. The lowest BCUT2D eigenvalue weighted by Crippen LogP contribution is -2.00. The molecule has 0 aliphatic carbocycles. The van der Waals surface area contributed by atoms with Crippen molar-refractivity contribution in [3.8, 4) is 22.8 Å². The molecular formula is C24H20ClNO3. The van der Waals surface area contributed by atoms with Crippen LogP contribution in [-0.4, -0.2) is 5.16 Å². The van der Waals surface area contributed by atoms with Gasteiger partial charge in [0.2, 0.25) is 0 Å². The van der Waals surface area contributed by atoms with E-state index in [2.05, 4.69) is 5.16 Å². The van der Waals surface area contributed by atoms with Crippen LogP contribution in [0.15, 0.2) is 83.4 Å². The van der Waals surface area contributed by atoms with Crippen LogP contribution in [0.3, 0.4) is 0 Å². The van der Waals surface area contributed by atoms with Crippen molar-refractivity contribution in [3.63, 3.8) is 0 Å². The van der Waals surface area contributed by atoms with Gasteiger partial charge in [-0.15, -0.1) is 0 Å². The number of aryl methyl sites for hydroxylation is 1. The molecule has 146 valence electrons. The SMILES string of the molecule is Cc1cc(-c2cc(Cl)c(OCc3ccccc3)cc2OCc2ccccc2)on1. The van der Waals surface area contributed by atoms with Gasteiger partial charge in [0.25, 0.3) is 0 Å². The molecule has 1 heterocycles. The van der Waals surface area contributed by atoms with E-state index in [0.29, 0.717) is 35.5 Å². The van der Waals surface area contributed by atoms with Crippen molar-refractivity contribution in [2.75, 3.05) is 0 Å². The van der Waals surface area contributed by atoms with Gasteiger partial charge in [-0.2, -0.15) is 0 Å². The van der Waals surface area contributed by atoms with E-state index < -0.39 is 0 Å². The molecule has 4 rings (SSSR count). The molecule has 0 atom stereocenters. The van der Waals surface area contributed by atoms with Gasteiger partial charge < -0.3 is 14.0 Å². The highest BCUT2D eigenvalue weighted by Crippen LogP contribution is 2.39. The first-order valence-electron chi connectivity index (χ1n) is 9.30. The van der Waals surface area contributed by atoms with Crippen LogP contribution < -0.4 is 9.47 Å². The van der Waals surface area contributed by atoms with Crippen molar-refractivity contribution in [1.29, 1.82) is 0 Å². The van der Waals surface area contributed by atoms with E-state index in [1.165, 1.54) is 0 Å². The first-order chi connectivity index (χ1) is 14.2. The second kappa shape index (κ2) is 8.84. The molecule has 29 heavy (non-hydrogen) atoms. The maximum Gasteiger partial charge on any atom is 0.170 e. The normalized spacial score (nSPS) is 10.7. The fourth-order valence-electron chi connectivity index (χ4n) is 2.92. The zero-order valence-electron chi connectivity index (χ0n) is 16.0. The number of nitrogens with zero attached hydrogens (tertiary/aromatic N) is 1. The topological polar surface area (TPSA) is 44.5 Å². The van der Waals surface area contributed by atoms with Crippen molar-refractivity contribution in [1.82, 2.24) is 5.16 Å². The number of benzene rings is 3. The first kappa shape index (κ1) is 19.1. The quantitative estimate of drug-likeness (QED) is 0.354. The molecule has 1 aromatic heterocycles. The fraction of sp³-hybridized carbons (Fsp3) is 0.125. The van der Waals surface area contributed by atoms with Crippen LogP contribution >= 0.6 is 11.6 Å². The van der Waals surface area contributed by atoms with E-state index in [-0.39, 0.29) is 0 Å². The van der Waals surface area contributed by atoms with Crippen LogP contribution in [-0.2, 0) is 13.2 Å². The Labute approximate surface area is 174 Å². The summed E-state index contributed by atoms with van der Waals surface area (Å²) in [7, 11) is 0. The smallest absolute Gasteiger partial charge is 0.170 e. The van der Waals surface area contributed by atoms with E-state index in [1.807, 2.05) is 73.7 Å². The van der Waals surface area contributed by atoms with Gasteiger partial charge in [-0.25, -0.2) is 0 Å². The van der Waals surface area contributed by atoms with E-state index >= 15 is 0 Å². The summed E-state index contributed by atoms with van der Waals surface area (Å²) < 4.78 is 17.5. The molecule has 0 unspecified atom stereocenters. The van der Waals surface area contributed by atoms with E-state index in [9.17, 15) is 0 Å². The van der Waals surface area contributed by atoms with E-state index in [0.717, 1.165) is 22.4 Å². The summed E-state index contributed by atoms with van der Waals surface area (Å²) in [4.78, 5) is 0. The molecule has 0 amide bonds. The summed E-state index contributed by atoms with van der Waals surface area (Å²) in [5, 5.41) is 4.46. The molecular weight excluding hydrogens is 386 g/mol. The van der Waals surface area contributed by atoms with Gasteiger partial charge in [-0.05, 0) is 24.1 Å². The van der Waals surface area contributed by atoms with Crippen molar-refractivity contribution in [2.24, 2.45) is 0 Å². The Hall–Kier alpha value is -3.24. The summed E-state index contributed by atoms with van der Waals surface area (Å²) in [5.74, 6) is 1.78. The fourth-order valence-corrected chi connectivity index (χ4v) is 3.14. The standard InChI is InChI=1S/C24H20ClNO3/c1-17-12-23(29-26-17)20-13-21(25)24(28-16-19-10-6-3-7-11-19)14-22(20)27-15-18-8-4-2-5-9-18/h2-14H,15-16H2,1H3. The predicted octanol–water partition coefficient (Wildman–Crippen LogP) is 6.46. The van der Waals surface area contributed by atoms with Crippen LogP contribution in [0.2, 0.25) is 5.02 Å². The lowest BCUT2D eigenvalue weighted by atomic mass is 10.1. The third-order valence-electron chi connectivity index (χ3n) is 4.40. The third-order valence-corrected chi connectivity index (χ3v) is 4.70. The van der Waals surface area contributed by atoms with Gasteiger partial charge >= 0.3 is 0 Å². The van der Waals surface area contributed by atoms with Crippen molar-refractivity contribution in [3.05, 3.63) is 101 Å². The molecule has 0 radical (unpaired) electrons. The molecule has 0 saturated carbocycles. The zero-order valence-corrected chi connectivity index (χ0v) is 16.7. The van der Waals surface area contributed by atoms with Crippen LogP contribution in [0.4, 0.5) is 0 Å². The summed E-state index contributed by atoms with van der Waals surface area (Å²) >= 11 is 6.50. The Kier molecular flexibility index (Phi) is 5.82. The molecule has 4 nitrogen and oxygen atoms in total. The highest BCUT2D eigenvalue weighted by atomic mass is 35.5. The van der Waals surface area contributed by atoms with Crippen molar-refractivity contribution in [2.45, 2.75) is 20.1 Å². The largest absolute Gasteiger partial charge is 0.488 e. The number of halogens is 1. The second-order valence-corrected chi connectivity index (χ2v) is 7.07. The van der Waals surface area contributed by atoms with Gasteiger partial charge in [0.05, 0.1) is 16.3 Å². The number of hydrogen-bond donors (Lipinski definition) is 0. The van der Waals surface area contributed by atoms with Gasteiger partial charge in [-0.1, -0.05) is 77.4 Å². The Morgan fingerprint density at radius 2 is 1.38 bits per heavy atom.